The Kier molecular flexibility index (Phi) is 4.75. The number of benzene rings is 1. The van der Waals surface area contributed by atoms with Gasteiger partial charge in [-0.15, -0.1) is 0 Å². The van der Waals surface area contributed by atoms with Gasteiger partial charge < -0.3 is 4.90 Å². The maximum atomic E-state index is 13.9. The van der Waals surface area contributed by atoms with Crippen molar-refractivity contribution in [1.82, 2.24) is 9.78 Å². The number of nitrogens with zero attached hydrogens (tertiary/aromatic N) is 3. The Morgan fingerprint density at radius 1 is 1.45 bits per heavy atom. The number of halogens is 1. The molecule has 1 aromatic carbocycles. The highest BCUT2D eigenvalue weighted by atomic mass is 19.1. The van der Waals surface area contributed by atoms with E-state index in [4.69, 9.17) is 0 Å². The molecule has 0 atom stereocenters. The van der Waals surface area contributed by atoms with Crippen molar-refractivity contribution in [2.75, 3.05) is 11.4 Å². The van der Waals surface area contributed by atoms with Gasteiger partial charge in [0, 0.05) is 6.54 Å². The lowest BCUT2D eigenvalue weighted by atomic mass is 10.2. The van der Waals surface area contributed by atoms with E-state index in [0.29, 0.717) is 29.5 Å². The van der Waals surface area contributed by atoms with Gasteiger partial charge in [0.05, 0.1) is 17.6 Å². The number of hydrogen-bond donors (Lipinski definition) is 0. The molecular weight excluding hydrogens is 281 g/mol. The molecule has 1 heterocycles. The lowest BCUT2D eigenvalue weighted by Crippen LogP contribution is -2.33. The standard InChI is InChI=1S/C17H20FN3O/c1-5-17(22)20(11-12(2)3)16-10-19-21(13(16)4)15-9-7-6-8-14(15)18/h5-10,12H,1,11H2,2-4H3. The maximum Gasteiger partial charge on any atom is 0.250 e. The van der Waals surface area contributed by atoms with E-state index >= 15 is 0 Å². The van der Waals surface area contributed by atoms with Crippen molar-refractivity contribution >= 4 is 11.6 Å². The second-order valence-electron chi connectivity index (χ2n) is 5.53. The summed E-state index contributed by atoms with van der Waals surface area (Å²) in [5, 5.41) is 4.24. The zero-order valence-electron chi connectivity index (χ0n) is 13.1. The van der Waals surface area contributed by atoms with Crippen molar-refractivity contribution < 1.29 is 9.18 Å². The Balaban J connectivity index is 2.47. The number of aromatic nitrogens is 2. The van der Waals surface area contributed by atoms with Gasteiger partial charge in [0.15, 0.2) is 0 Å². The summed E-state index contributed by atoms with van der Waals surface area (Å²) in [4.78, 5) is 13.7. The molecule has 22 heavy (non-hydrogen) atoms. The van der Waals surface area contributed by atoms with Crippen LogP contribution < -0.4 is 4.90 Å². The average molecular weight is 301 g/mol. The van der Waals surface area contributed by atoms with E-state index in [0.717, 1.165) is 0 Å². The zero-order chi connectivity index (χ0) is 16.3. The molecule has 116 valence electrons. The summed E-state index contributed by atoms with van der Waals surface area (Å²) in [7, 11) is 0. The second-order valence-corrected chi connectivity index (χ2v) is 5.53. The van der Waals surface area contributed by atoms with Crippen LogP contribution in [-0.2, 0) is 4.79 Å². The molecule has 0 aliphatic carbocycles. The van der Waals surface area contributed by atoms with Crippen LogP contribution in [0.15, 0.2) is 43.1 Å². The molecule has 0 unspecified atom stereocenters. The molecule has 4 nitrogen and oxygen atoms in total. The number of carbonyl (C=O) groups is 1. The van der Waals surface area contributed by atoms with Crippen LogP contribution in [0.2, 0.25) is 0 Å². The fourth-order valence-electron chi connectivity index (χ4n) is 2.31. The van der Waals surface area contributed by atoms with E-state index < -0.39 is 0 Å². The largest absolute Gasteiger partial charge is 0.305 e. The molecule has 2 rings (SSSR count). The fourth-order valence-corrected chi connectivity index (χ4v) is 2.31. The molecule has 0 saturated carbocycles. The Morgan fingerprint density at radius 3 is 2.73 bits per heavy atom. The van der Waals surface area contributed by atoms with Gasteiger partial charge in [-0.2, -0.15) is 5.10 Å². The van der Waals surface area contributed by atoms with Crippen molar-refractivity contribution in [3.05, 3.63) is 54.6 Å². The monoisotopic (exact) mass is 301 g/mol. The van der Waals surface area contributed by atoms with Gasteiger partial charge in [-0.25, -0.2) is 9.07 Å². The van der Waals surface area contributed by atoms with Crippen LogP contribution in [-0.4, -0.2) is 22.2 Å². The van der Waals surface area contributed by atoms with Gasteiger partial charge in [-0.05, 0) is 31.1 Å². The van der Waals surface area contributed by atoms with E-state index in [-0.39, 0.29) is 11.7 Å². The lowest BCUT2D eigenvalue weighted by molar-refractivity contribution is -0.114. The van der Waals surface area contributed by atoms with Crippen molar-refractivity contribution in [1.29, 1.82) is 0 Å². The van der Waals surface area contributed by atoms with Gasteiger partial charge >= 0.3 is 0 Å². The van der Waals surface area contributed by atoms with Crippen LogP contribution in [0.1, 0.15) is 19.5 Å². The molecule has 0 spiro atoms. The SMILES string of the molecule is C=CC(=O)N(CC(C)C)c1cnn(-c2ccccc2F)c1C. The predicted molar refractivity (Wildman–Crippen MR) is 85.6 cm³/mol. The normalized spacial score (nSPS) is 10.8. The summed E-state index contributed by atoms with van der Waals surface area (Å²) in [6.45, 7) is 9.97. The smallest absolute Gasteiger partial charge is 0.250 e. The van der Waals surface area contributed by atoms with Gasteiger partial charge in [-0.3, -0.25) is 4.79 Å². The third-order valence-electron chi connectivity index (χ3n) is 3.34. The van der Waals surface area contributed by atoms with E-state index in [1.165, 1.54) is 16.8 Å². The third kappa shape index (κ3) is 3.08. The van der Waals surface area contributed by atoms with E-state index in [1.807, 2.05) is 20.8 Å². The Hall–Kier alpha value is -2.43. The van der Waals surface area contributed by atoms with Gasteiger partial charge in [0.2, 0.25) is 5.91 Å². The molecule has 1 aromatic heterocycles. The average Bonchev–Trinajstić information content (AvgIpc) is 2.86. The number of hydrogen-bond acceptors (Lipinski definition) is 2. The first-order valence-corrected chi connectivity index (χ1v) is 7.19. The van der Waals surface area contributed by atoms with Crippen molar-refractivity contribution in [2.45, 2.75) is 20.8 Å². The van der Waals surface area contributed by atoms with E-state index in [2.05, 4.69) is 11.7 Å². The molecular formula is C17H20FN3O. The highest BCUT2D eigenvalue weighted by molar-refractivity contribution is 6.01. The number of rotatable bonds is 5. The van der Waals surface area contributed by atoms with E-state index in [9.17, 15) is 9.18 Å². The minimum atomic E-state index is -0.356. The summed E-state index contributed by atoms with van der Waals surface area (Å²) in [6.07, 6.45) is 2.87. The zero-order valence-corrected chi connectivity index (χ0v) is 13.1. The molecule has 0 aliphatic heterocycles. The summed E-state index contributed by atoms with van der Waals surface area (Å²) in [5.74, 6) is -0.254. The van der Waals surface area contributed by atoms with Gasteiger partial charge in [0.25, 0.3) is 0 Å². The van der Waals surface area contributed by atoms with Crippen molar-refractivity contribution in [2.24, 2.45) is 5.92 Å². The van der Waals surface area contributed by atoms with Crippen LogP contribution >= 0.6 is 0 Å². The topological polar surface area (TPSA) is 38.1 Å². The van der Waals surface area contributed by atoms with Crippen LogP contribution in [0.3, 0.4) is 0 Å². The second kappa shape index (κ2) is 6.56. The van der Waals surface area contributed by atoms with Crippen LogP contribution in [0.25, 0.3) is 5.69 Å². The number of amides is 1. The molecule has 0 radical (unpaired) electrons. The maximum absolute atomic E-state index is 13.9. The first-order chi connectivity index (χ1) is 10.5. The predicted octanol–water partition coefficient (Wildman–Crippen LogP) is 3.49. The quantitative estimate of drug-likeness (QED) is 0.793. The number of carbonyl (C=O) groups excluding carboxylic acids is 1. The first-order valence-electron chi connectivity index (χ1n) is 7.19. The highest BCUT2D eigenvalue weighted by Gasteiger charge is 2.20. The Bertz CT molecular complexity index is 691. The molecule has 2 aromatic rings. The first kappa shape index (κ1) is 15.9. The fraction of sp³-hybridized carbons (Fsp3) is 0.294. The number of anilines is 1. The van der Waals surface area contributed by atoms with Crippen molar-refractivity contribution in [3.8, 4) is 5.69 Å². The molecule has 0 saturated heterocycles. The molecule has 1 amide bonds. The minimum Gasteiger partial charge on any atom is -0.305 e. The summed E-state index contributed by atoms with van der Waals surface area (Å²) < 4.78 is 15.5. The molecule has 5 heteroatoms. The molecule has 0 aliphatic rings. The Morgan fingerprint density at radius 2 is 2.14 bits per heavy atom. The molecule has 0 N–H and O–H groups in total. The van der Waals surface area contributed by atoms with Crippen molar-refractivity contribution in [3.63, 3.8) is 0 Å². The van der Waals surface area contributed by atoms with E-state index in [1.54, 1.807) is 29.3 Å². The highest BCUT2D eigenvalue weighted by Crippen LogP contribution is 2.24. The molecule has 0 fully saturated rings. The lowest BCUT2D eigenvalue weighted by Gasteiger charge is -2.22. The minimum absolute atomic E-state index is 0.190. The summed E-state index contributed by atoms with van der Waals surface area (Å²) in [6, 6.07) is 6.42. The molecule has 0 bridgehead atoms. The summed E-state index contributed by atoms with van der Waals surface area (Å²) >= 11 is 0. The van der Waals surface area contributed by atoms with Gasteiger partial charge in [0.1, 0.15) is 11.5 Å². The third-order valence-corrected chi connectivity index (χ3v) is 3.34. The number of para-hydroxylation sites is 1. The van der Waals surface area contributed by atoms with Gasteiger partial charge in [-0.1, -0.05) is 32.6 Å². The Labute approximate surface area is 129 Å². The van der Waals surface area contributed by atoms with Crippen LogP contribution in [0.5, 0.6) is 0 Å². The van der Waals surface area contributed by atoms with Crippen LogP contribution in [0, 0.1) is 18.7 Å². The van der Waals surface area contributed by atoms with Crippen LogP contribution in [0.4, 0.5) is 10.1 Å². The summed E-state index contributed by atoms with van der Waals surface area (Å²) in [5.41, 5.74) is 1.74.